The zero-order valence-electron chi connectivity index (χ0n) is 17.9. The summed E-state index contributed by atoms with van der Waals surface area (Å²) in [5.41, 5.74) is 1.57. The summed E-state index contributed by atoms with van der Waals surface area (Å²) in [6.07, 6.45) is 3.27. The van der Waals surface area contributed by atoms with Crippen LogP contribution in [0, 0.1) is 11.2 Å². The number of benzene rings is 2. The van der Waals surface area contributed by atoms with E-state index < -0.39 is 5.91 Å². The lowest BCUT2D eigenvalue weighted by Crippen LogP contribution is -2.35. The van der Waals surface area contributed by atoms with E-state index in [0.717, 1.165) is 23.4 Å². The molecular weight excluding hydrogens is 511 g/mol. The molecule has 2 aromatic carbocycles. The molecule has 0 radical (unpaired) electrons. The predicted molar refractivity (Wildman–Crippen MR) is 131 cm³/mol. The third-order valence-corrected chi connectivity index (χ3v) is 6.38. The number of hydrogen-bond donors (Lipinski definition) is 1. The molecule has 1 N–H and O–H groups in total. The van der Waals surface area contributed by atoms with Crippen LogP contribution in [0.5, 0.6) is 11.5 Å². The topological polar surface area (TPSA) is 87.3 Å². The summed E-state index contributed by atoms with van der Waals surface area (Å²) in [6.45, 7) is 2.27. The number of thioether (sulfide) groups is 1. The molecule has 2 aromatic rings. The minimum Gasteiger partial charge on any atom is -0.493 e. The van der Waals surface area contributed by atoms with Crippen LogP contribution in [0.1, 0.15) is 30.9 Å². The van der Waals surface area contributed by atoms with E-state index >= 15 is 0 Å². The first-order valence-electron chi connectivity index (χ1n) is 10.1. The number of carbonyl (C=O) groups excluding carboxylic acids is 1. The number of aliphatic imine (C=N–C) groups is 1. The number of methoxy groups -OCH3 is 1. The van der Waals surface area contributed by atoms with Gasteiger partial charge in [0.1, 0.15) is 17.5 Å². The standard InChI is InChI=1S/C23H20BrFN4O3S/c1-3-4-19-28-29-21(26)16(22(30)27-23(29)33-19)9-14-10-17(24)20(18(11-14)31-2)32-12-13-5-7-15(25)8-6-13/h5-11,26H,3-4,12H2,1-2H3. The maximum atomic E-state index is 13.1. The fourth-order valence-electron chi connectivity index (χ4n) is 3.21. The second-order valence-electron chi connectivity index (χ2n) is 7.21. The Morgan fingerprint density at radius 1 is 1.27 bits per heavy atom. The summed E-state index contributed by atoms with van der Waals surface area (Å²) >= 11 is 4.82. The van der Waals surface area contributed by atoms with Crippen molar-refractivity contribution in [2.75, 3.05) is 7.11 Å². The average Bonchev–Trinajstić information content (AvgIpc) is 3.19. The van der Waals surface area contributed by atoms with Gasteiger partial charge in [0.05, 0.1) is 17.2 Å². The Bertz CT molecular complexity index is 1210. The van der Waals surface area contributed by atoms with Gasteiger partial charge in [-0.1, -0.05) is 19.1 Å². The van der Waals surface area contributed by atoms with Crippen molar-refractivity contribution < 1.29 is 18.7 Å². The maximum absolute atomic E-state index is 13.1. The van der Waals surface area contributed by atoms with Crippen molar-refractivity contribution in [1.82, 2.24) is 5.01 Å². The van der Waals surface area contributed by atoms with Gasteiger partial charge >= 0.3 is 0 Å². The Balaban J connectivity index is 1.59. The Hall–Kier alpha value is -2.98. The smallest absolute Gasteiger partial charge is 0.283 e. The van der Waals surface area contributed by atoms with Gasteiger partial charge in [-0.05, 0) is 82.0 Å². The summed E-state index contributed by atoms with van der Waals surface area (Å²) < 4.78 is 25.1. The third-order valence-electron chi connectivity index (χ3n) is 4.82. The van der Waals surface area contributed by atoms with Crippen molar-refractivity contribution >= 4 is 55.7 Å². The van der Waals surface area contributed by atoms with Crippen molar-refractivity contribution in [3.63, 3.8) is 0 Å². The van der Waals surface area contributed by atoms with Crippen molar-refractivity contribution in [3.8, 4) is 11.5 Å². The second-order valence-corrected chi connectivity index (χ2v) is 9.11. The number of ether oxygens (including phenoxy) is 2. The number of nitrogens with one attached hydrogen (secondary N) is 1. The van der Waals surface area contributed by atoms with Crippen LogP contribution in [0.2, 0.25) is 0 Å². The quantitative estimate of drug-likeness (QED) is 0.471. The third kappa shape index (κ3) is 5.01. The molecule has 0 saturated carbocycles. The molecule has 0 spiro atoms. The van der Waals surface area contributed by atoms with Crippen LogP contribution in [-0.2, 0) is 11.4 Å². The number of amidine groups is 2. The van der Waals surface area contributed by atoms with Gasteiger partial charge in [-0.25, -0.2) is 4.39 Å². The molecule has 0 atom stereocenters. The van der Waals surface area contributed by atoms with Gasteiger partial charge < -0.3 is 9.47 Å². The molecule has 0 fully saturated rings. The number of nitrogens with zero attached hydrogens (tertiary/aromatic N) is 3. The molecule has 170 valence electrons. The molecular formula is C23H20BrFN4O3S. The highest BCUT2D eigenvalue weighted by molar-refractivity contribution is 9.10. The first-order chi connectivity index (χ1) is 15.9. The van der Waals surface area contributed by atoms with Crippen LogP contribution in [0.25, 0.3) is 6.08 Å². The molecule has 0 aliphatic carbocycles. The number of carbonyl (C=O) groups is 1. The highest BCUT2D eigenvalue weighted by atomic mass is 79.9. The number of hydrazone groups is 1. The molecule has 1 amide bonds. The molecule has 7 nitrogen and oxygen atoms in total. The normalized spacial score (nSPS) is 16.6. The van der Waals surface area contributed by atoms with Gasteiger partial charge in [0.2, 0.25) is 5.17 Å². The lowest BCUT2D eigenvalue weighted by atomic mass is 10.1. The van der Waals surface area contributed by atoms with Crippen molar-refractivity contribution in [3.05, 3.63) is 63.4 Å². The lowest BCUT2D eigenvalue weighted by molar-refractivity contribution is -0.114. The SMILES string of the molecule is CCCC1=NN2C(=N)C(=Cc3cc(Br)c(OCc4ccc(F)cc4)c(OC)c3)C(=O)N=C2S1. The van der Waals surface area contributed by atoms with Crippen LogP contribution in [0.3, 0.4) is 0 Å². The fraction of sp³-hybridized carbons (Fsp3) is 0.217. The number of rotatable bonds is 7. The predicted octanol–water partition coefficient (Wildman–Crippen LogP) is 5.60. The molecule has 0 unspecified atom stereocenters. The molecule has 0 bridgehead atoms. The Morgan fingerprint density at radius 3 is 2.73 bits per heavy atom. The summed E-state index contributed by atoms with van der Waals surface area (Å²) in [6, 6.07) is 9.52. The maximum Gasteiger partial charge on any atom is 0.283 e. The average molecular weight is 531 g/mol. The van der Waals surface area contributed by atoms with Gasteiger partial charge in [0.15, 0.2) is 17.3 Å². The van der Waals surface area contributed by atoms with Crippen molar-refractivity contribution in [2.45, 2.75) is 26.4 Å². The highest BCUT2D eigenvalue weighted by Crippen LogP contribution is 2.38. The Labute approximate surface area is 203 Å². The molecule has 2 aliphatic rings. The Kier molecular flexibility index (Phi) is 6.94. The molecule has 2 aliphatic heterocycles. The van der Waals surface area contributed by atoms with Crippen LogP contribution in [0.4, 0.5) is 4.39 Å². The first-order valence-corrected chi connectivity index (χ1v) is 11.7. The lowest BCUT2D eigenvalue weighted by Gasteiger charge is -2.20. The molecule has 2 heterocycles. The number of amides is 1. The number of halogens is 2. The first kappa shape index (κ1) is 23.2. The molecule has 0 aromatic heterocycles. The summed E-state index contributed by atoms with van der Waals surface area (Å²) in [7, 11) is 1.51. The summed E-state index contributed by atoms with van der Waals surface area (Å²) in [4.78, 5) is 16.7. The minimum atomic E-state index is -0.488. The van der Waals surface area contributed by atoms with E-state index in [1.54, 1.807) is 30.3 Å². The zero-order chi connectivity index (χ0) is 23.5. The molecule has 33 heavy (non-hydrogen) atoms. The molecule has 0 saturated heterocycles. The van der Waals surface area contributed by atoms with Crippen LogP contribution in [0.15, 0.2) is 56.5 Å². The van der Waals surface area contributed by atoms with E-state index in [9.17, 15) is 9.18 Å². The van der Waals surface area contributed by atoms with E-state index in [-0.39, 0.29) is 23.8 Å². The number of hydrogen-bond acceptors (Lipinski definition) is 6. The van der Waals surface area contributed by atoms with E-state index in [0.29, 0.717) is 26.7 Å². The number of fused-ring (bicyclic) bond motifs is 1. The van der Waals surface area contributed by atoms with Gasteiger partial charge in [-0.2, -0.15) is 15.1 Å². The van der Waals surface area contributed by atoms with Crippen molar-refractivity contribution in [2.24, 2.45) is 10.1 Å². The van der Waals surface area contributed by atoms with E-state index in [1.165, 1.54) is 36.0 Å². The minimum absolute atomic E-state index is 0.0182. The van der Waals surface area contributed by atoms with E-state index in [1.807, 2.05) is 6.92 Å². The summed E-state index contributed by atoms with van der Waals surface area (Å²) in [5, 5.41) is 15.6. The largest absolute Gasteiger partial charge is 0.493 e. The van der Waals surface area contributed by atoms with Crippen molar-refractivity contribution in [1.29, 1.82) is 5.41 Å². The van der Waals surface area contributed by atoms with E-state index in [4.69, 9.17) is 14.9 Å². The van der Waals surface area contributed by atoms with Gasteiger partial charge in [-0.3, -0.25) is 10.2 Å². The van der Waals surface area contributed by atoms with Crippen LogP contribution >= 0.6 is 27.7 Å². The second kappa shape index (κ2) is 9.88. The van der Waals surface area contributed by atoms with Gasteiger partial charge in [0, 0.05) is 0 Å². The van der Waals surface area contributed by atoms with Crippen LogP contribution in [-0.4, -0.2) is 34.1 Å². The zero-order valence-corrected chi connectivity index (χ0v) is 20.3. The van der Waals surface area contributed by atoms with Crippen LogP contribution < -0.4 is 9.47 Å². The molecule has 4 rings (SSSR count). The Morgan fingerprint density at radius 2 is 2.03 bits per heavy atom. The highest BCUT2D eigenvalue weighted by Gasteiger charge is 2.35. The van der Waals surface area contributed by atoms with Gasteiger partial charge in [0.25, 0.3) is 5.91 Å². The molecule has 10 heteroatoms. The van der Waals surface area contributed by atoms with E-state index in [2.05, 4.69) is 26.0 Å². The summed E-state index contributed by atoms with van der Waals surface area (Å²) in [5.74, 6) is 0.0964. The van der Waals surface area contributed by atoms with Gasteiger partial charge in [-0.15, -0.1) is 0 Å². The fourth-order valence-corrected chi connectivity index (χ4v) is 4.77. The monoisotopic (exact) mass is 530 g/mol.